The van der Waals surface area contributed by atoms with Crippen molar-refractivity contribution >= 4 is 27.4 Å². The van der Waals surface area contributed by atoms with Gasteiger partial charge in [-0.25, -0.2) is 13.6 Å². The van der Waals surface area contributed by atoms with E-state index in [2.05, 4.69) is 4.74 Å². The number of carbonyl (C=O) groups excluding carboxylic acids is 1. The van der Waals surface area contributed by atoms with Gasteiger partial charge in [0.05, 0.1) is 7.11 Å². The number of aromatic hydroxyl groups is 1. The molecule has 0 atom stereocenters. The summed E-state index contributed by atoms with van der Waals surface area (Å²) in [4.78, 5) is 11.3. The maximum atomic E-state index is 12.5. The van der Waals surface area contributed by atoms with Gasteiger partial charge >= 0.3 is 5.97 Å². The van der Waals surface area contributed by atoms with Crippen LogP contribution in [-0.4, -0.2) is 18.2 Å². The summed E-state index contributed by atoms with van der Waals surface area (Å²) in [5, 5.41) is 10.1. The van der Waals surface area contributed by atoms with Crippen molar-refractivity contribution in [2.24, 2.45) is 0 Å². The second-order valence-corrected chi connectivity index (χ2v) is 4.38. The van der Waals surface area contributed by atoms with Crippen LogP contribution in [0.4, 0.5) is 8.78 Å². The van der Waals surface area contributed by atoms with E-state index in [1.54, 1.807) is 0 Å². The first kappa shape index (κ1) is 11.8. The highest BCUT2D eigenvalue weighted by atomic mass is 32.1. The number of thiophene rings is 1. The van der Waals surface area contributed by atoms with E-state index in [9.17, 15) is 18.7 Å². The van der Waals surface area contributed by atoms with Gasteiger partial charge in [0, 0.05) is 15.6 Å². The first-order valence-electron chi connectivity index (χ1n) is 4.66. The lowest BCUT2D eigenvalue weighted by Gasteiger charge is -1.98. The number of ether oxygens (including phenoxy) is 1. The van der Waals surface area contributed by atoms with E-state index in [4.69, 9.17) is 0 Å². The Morgan fingerprint density at radius 2 is 2.18 bits per heavy atom. The minimum atomic E-state index is -2.58. The van der Waals surface area contributed by atoms with Crippen molar-refractivity contribution < 1.29 is 23.4 Å². The Morgan fingerprint density at radius 1 is 1.47 bits per heavy atom. The minimum Gasteiger partial charge on any atom is -0.505 e. The fourth-order valence-electron chi connectivity index (χ4n) is 1.47. The third-order valence-electron chi connectivity index (χ3n) is 2.31. The Balaban J connectivity index is 2.61. The summed E-state index contributed by atoms with van der Waals surface area (Å²) in [6, 6.07) is 3.85. The van der Waals surface area contributed by atoms with Gasteiger partial charge in [0.2, 0.25) is 0 Å². The Labute approximate surface area is 99.2 Å². The second-order valence-electron chi connectivity index (χ2n) is 3.33. The number of alkyl halides is 2. The molecule has 0 aliphatic carbocycles. The Bertz CT molecular complexity index is 577. The molecule has 0 bridgehead atoms. The number of hydrogen-bond acceptors (Lipinski definition) is 4. The molecule has 1 heterocycles. The lowest BCUT2D eigenvalue weighted by molar-refractivity contribution is 0.0603. The molecule has 0 fully saturated rings. The van der Waals surface area contributed by atoms with E-state index in [1.165, 1.54) is 25.3 Å². The van der Waals surface area contributed by atoms with Gasteiger partial charge in [-0.05, 0) is 12.1 Å². The molecule has 6 heteroatoms. The van der Waals surface area contributed by atoms with Gasteiger partial charge in [0.1, 0.15) is 5.75 Å². The summed E-state index contributed by atoms with van der Waals surface area (Å²) in [6.45, 7) is 0. The summed E-state index contributed by atoms with van der Waals surface area (Å²) in [6.07, 6.45) is -2.58. The van der Waals surface area contributed by atoms with Crippen molar-refractivity contribution in [2.75, 3.05) is 7.11 Å². The third-order valence-corrected chi connectivity index (χ3v) is 3.43. The summed E-state index contributed by atoms with van der Waals surface area (Å²) in [5.41, 5.74) is -0.143. The molecule has 0 saturated heterocycles. The third kappa shape index (κ3) is 1.95. The molecule has 0 aliphatic heterocycles. The summed E-state index contributed by atoms with van der Waals surface area (Å²) < 4.78 is 29.9. The molecule has 17 heavy (non-hydrogen) atoms. The van der Waals surface area contributed by atoms with Gasteiger partial charge in [-0.3, -0.25) is 0 Å². The molecular formula is C11H8F2O3S. The molecule has 1 aromatic heterocycles. The fraction of sp³-hybridized carbons (Fsp3) is 0.182. The standard InChI is InChI=1S/C11H8F2O3S/c1-16-11(15)9-8(14)6-3-2-5(10(12)13)4-7(6)17-9/h2-4,10,14H,1H3. The van der Waals surface area contributed by atoms with Crippen molar-refractivity contribution in [1.82, 2.24) is 0 Å². The predicted molar refractivity (Wildman–Crippen MR) is 59.8 cm³/mol. The molecule has 0 unspecified atom stereocenters. The van der Waals surface area contributed by atoms with E-state index in [0.717, 1.165) is 11.3 Å². The van der Waals surface area contributed by atoms with Crippen LogP contribution >= 0.6 is 11.3 Å². The highest BCUT2D eigenvalue weighted by Crippen LogP contribution is 2.38. The SMILES string of the molecule is COC(=O)c1sc2cc(C(F)F)ccc2c1O. The van der Waals surface area contributed by atoms with Crippen molar-refractivity contribution in [3.05, 3.63) is 28.6 Å². The number of carbonyl (C=O) groups is 1. The van der Waals surface area contributed by atoms with Gasteiger partial charge in [-0.2, -0.15) is 0 Å². The van der Waals surface area contributed by atoms with Gasteiger partial charge in [0.25, 0.3) is 6.43 Å². The Hall–Kier alpha value is -1.69. The summed E-state index contributed by atoms with van der Waals surface area (Å²) >= 11 is 0.930. The molecule has 2 aromatic rings. The van der Waals surface area contributed by atoms with Crippen LogP contribution in [0.5, 0.6) is 5.75 Å². The first-order valence-corrected chi connectivity index (χ1v) is 5.48. The number of fused-ring (bicyclic) bond motifs is 1. The number of hydrogen-bond donors (Lipinski definition) is 1. The van der Waals surface area contributed by atoms with Crippen LogP contribution < -0.4 is 0 Å². The molecule has 1 N–H and O–H groups in total. The van der Waals surface area contributed by atoms with Crippen molar-refractivity contribution in [2.45, 2.75) is 6.43 Å². The molecule has 2 rings (SSSR count). The van der Waals surface area contributed by atoms with E-state index in [0.29, 0.717) is 10.1 Å². The van der Waals surface area contributed by atoms with Crippen LogP contribution in [0.3, 0.4) is 0 Å². The zero-order chi connectivity index (χ0) is 12.6. The normalized spacial score (nSPS) is 11.1. The number of methoxy groups -OCH3 is 1. The van der Waals surface area contributed by atoms with E-state index >= 15 is 0 Å². The zero-order valence-corrected chi connectivity index (χ0v) is 9.55. The van der Waals surface area contributed by atoms with Gasteiger partial charge in [0.15, 0.2) is 4.88 Å². The van der Waals surface area contributed by atoms with Crippen LogP contribution in [0, 0.1) is 0 Å². The molecule has 90 valence electrons. The number of esters is 1. The smallest absolute Gasteiger partial charge is 0.351 e. The topological polar surface area (TPSA) is 46.5 Å². The predicted octanol–water partition coefficient (Wildman–Crippen LogP) is 3.33. The fourth-order valence-corrected chi connectivity index (χ4v) is 2.53. The summed E-state index contributed by atoms with van der Waals surface area (Å²) in [7, 11) is 1.19. The van der Waals surface area contributed by atoms with E-state index in [1.807, 2.05) is 0 Å². The molecule has 0 amide bonds. The summed E-state index contributed by atoms with van der Waals surface area (Å²) in [5.74, 6) is -0.903. The molecule has 0 aliphatic rings. The largest absolute Gasteiger partial charge is 0.505 e. The maximum absolute atomic E-state index is 12.5. The van der Waals surface area contributed by atoms with Crippen LogP contribution in [0.2, 0.25) is 0 Å². The molecule has 1 aromatic carbocycles. The average Bonchev–Trinajstić information content (AvgIpc) is 2.65. The van der Waals surface area contributed by atoms with Gasteiger partial charge in [-0.1, -0.05) is 6.07 Å². The Morgan fingerprint density at radius 3 is 2.76 bits per heavy atom. The van der Waals surface area contributed by atoms with Gasteiger partial charge in [-0.15, -0.1) is 11.3 Å². The lowest BCUT2D eigenvalue weighted by atomic mass is 10.1. The quantitative estimate of drug-likeness (QED) is 0.840. The maximum Gasteiger partial charge on any atom is 0.351 e. The van der Waals surface area contributed by atoms with Crippen LogP contribution in [0.1, 0.15) is 21.7 Å². The molecule has 0 spiro atoms. The van der Waals surface area contributed by atoms with Crippen molar-refractivity contribution in [3.8, 4) is 5.75 Å². The Kier molecular flexibility index (Phi) is 2.97. The highest BCUT2D eigenvalue weighted by molar-refractivity contribution is 7.21. The monoisotopic (exact) mass is 258 g/mol. The van der Waals surface area contributed by atoms with E-state index in [-0.39, 0.29) is 16.2 Å². The molecule has 0 saturated carbocycles. The van der Waals surface area contributed by atoms with Gasteiger partial charge < -0.3 is 9.84 Å². The minimum absolute atomic E-state index is 0.0221. The number of benzene rings is 1. The number of rotatable bonds is 2. The van der Waals surface area contributed by atoms with E-state index < -0.39 is 12.4 Å². The van der Waals surface area contributed by atoms with Crippen molar-refractivity contribution in [1.29, 1.82) is 0 Å². The zero-order valence-electron chi connectivity index (χ0n) is 8.74. The molecular weight excluding hydrogens is 250 g/mol. The first-order chi connectivity index (χ1) is 8.04. The van der Waals surface area contributed by atoms with Crippen LogP contribution in [0.15, 0.2) is 18.2 Å². The molecule has 3 nitrogen and oxygen atoms in total. The highest BCUT2D eigenvalue weighted by Gasteiger charge is 2.19. The lowest BCUT2D eigenvalue weighted by Crippen LogP contribution is -1.97. The van der Waals surface area contributed by atoms with Crippen LogP contribution in [0.25, 0.3) is 10.1 Å². The second kappa shape index (κ2) is 4.29. The molecule has 0 radical (unpaired) electrons. The van der Waals surface area contributed by atoms with Crippen molar-refractivity contribution in [3.63, 3.8) is 0 Å². The van der Waals surface area contributed by atoms with Crippen LogP contribution in [-0.2, 0) is 4.74 Å². The number of halogens is 2. The average molecular weight is 258 g/mol.